The van der Waals surface area contributed by atoms with E-state index in [0.29, 0.717) is 32.3 Å². The van der Waals surface area contributed by atoms with Gasteiger partial charge in [-0.1, -0.05) is 65.3 Å². The zero-order valence-electron chi connectivity index (χ0n) is 17.4. The van der Waals surface area contributed by atoms with E-state index in [1.807, 2.05) is 28.0 Å². The lowest BCUT2D eigenvalue weighted by molar-refractivity contribution is -0.133. The van der Waals surface area contributed by atoms with Crippen molar-refractivity contribution in [2.24, 2.45) is 0 Å². The molecule has 1 atom stereocenters. The highest BCUT2D eigenvalue weighted by Crippen LogP contribution is 2.36. The number of aromatic nitrogens is 4. The third-order valence-corrected chi connectivity index (χ3v) is 5.73. The van der Waals surface area contributed by atoms with Crippen molar-refractivity contribution in [2.45, 2.75) is 13.0 Å². The van der Waals surface area contributed by atoms with E-state index >= 15 is 0 Å². The number of hydrogen-bond donors (Lipinski definition) is 0. The molecule has 0 N–H and O–H groups in total. The second kappa shape index (κ2) is 8.31. The smallest absolute Gasteiger partial charge is 0.251 e. The molecule has 1 aromatic heterocycles. The van der Waals surface area contributed by atoms with Gasteiger partial charge in [-0.3, -0.25) is 9.69 Å². The fraction of sp³-hybridized carbons (Fsp3) is 0.304. The van der Waals surface area contributed by atoms with Crippen LogP contribution in [0.15, 0.2) is 60.7 Å². The molecule has 1 saturated heterocycles. The molecule has 0 spiro atoms. The topological polar surface area (TPSA) is 76.4 Å². The predicted octanol–water partition coefficient (Wildman–Crippen LogP) is 2.29. The summed E-state index contributed by atoms with van der Waals surface area (Å²) in [7, 11) is 0. The summed E-state index contributed by atoms with van der Waals surface area (Å²) < 4.78 is 7.17. The quantitative estimate of drug-likeness (QED) is 0.650. The van der Waals surface area contributed by atoms with Gasteiger partial charge in [-0.25, -0.2) is 0 Å². The van der Waals surface area contributed by atoms with Crippen LogP contribution in [-0.4, -0.2) is 63.9 Å². The van der Waals surface area contributed by atoms with Crippen molar-refractivity contribution >= 4 is 17.6 Å². The van der Waals surface area contributed by atoms with Crippen LogP contribution in [0, 0.1) is 6.92 Å². The maximum atomic E-state index is 13.1. The number of tetrazole rings is 1. The molecule has 1 amide bonds. The summed E-state index contributed by atoms with van der Waals surface area (Å²) in [5.74, 6) is 0.600. The van der Waals surface area contributed by atoms with Crippen molar-refractivity contribution in [3.63, 3.8) is 0 Å². The fourth-order valence-electron chi connectivity index (χ4n) is 4.03. The van der Waals surface area contributed by atoms with Gasteiger partial charge in [0.2, 0.25) is 5.91 Å². The van der Waals surface area contributed by atoms with Crippen molar-refractivity contribution in [1.82, 2.24) is 25.1 Å². The first-order valence-electron chi connectivity index (χ1n) is 10.5. The van der Waals surface area contributed by atoms with Crippen LogP contribution >= 0.6 is 0 Å². The van der Waals surface area contributed by atoms with Crippen LogP contribution < -0.4 is 4.90 Å². The average Bonchev–Trinajstić information content (AvgIpc) is 3.31. The lowest BCUT2D eigenvalue weighted by atomic mass is 10.00. The van der Waals surface area contributed by atoms with Gasteiger partial charge in [0.15, 0.2) is 0 Å². The largest absolute Gasteiger partial charge is 0.378 e. The molecule has 0 aliphatic carbocycles. The maximum Gasteiger partial charge on any atom is 0.251 e. The Labute approximate surface area is 180 Å². The molecule has 31 heavy (non-hydrogen) atoms. The van der Waals surface area contributed by atoms with Crippen LogP contribution in [0.2, 0.25) is 0 Å². The van der Waals surface area contributed by atoms with E-state index in [-0.39, 0.29) is 18.5 Å². The van der Waals surface area contributed by atoms with Gasteiger partial charge in [0.1, 0.15) is 12.6 Å². The number of morpholine rings is 1. The number of anilines is 1. The summed E-state index contributed by atoms with van der Waals surface area (Å²) in [4.78, 5) is 16.9. The van der Waals surface area contributed by atoms with E-state index in [9.17, 15) is 4.79 Å². The Morgan fingerprint density at radius 2 is 1.81 bits per heavy atom. The Bertz CT molecular complexity index is 1090. The number of rotatable bonds is 4. The highest BCUT2D eigenvalue weighted by molar-refractivity contribution is 5.89. The first-order valence-corrected chi connectivity index (χ1v) is 10.5. The molecule has 158 valence electrons. The zero-order valence-corrected chi connectivity index (χ0v) is 17.4. The van der Waals surface area contributed by atoms with E-state index in [1.165, 1.54) is 5.56 Å². The molecule has 0 bridgehead atoms. The molecule has 1 fully saturated rings. The van der Waals surface area contributed by atoms with Gasteiger partial charge in [-0.05, 0) is 34.6 Å². The number of ether oxygens (including phenoxy) is 1. The molecule has 3 heterocycles. The molecular formula is C23H24N6O2. The Balaban J connectivity index is 1.56. The number of amides is 1. The molecule has 8 heteroatoms. The van der Waals surface area contributed by atoms with Crippen LogP contribution in [0.4, 0.5) is 5.95 Å². The Hall–Kier alpha value is -3.52. The number of carbonyl (C=O) groups is 1. The number of fused-ring (bicyclic) bond motifs is 1. The van der Waals surface area contributed by atoms with Crippen molar-refractivity contribution in [3.8, 4) is 0 Å². The molecular weight excluding hydrogens is 392 g/mol. The summed E-state index contributed by atoms with van der Waals surface area (Å²) in [6, 6.07) is 18.3. The van der Waals surface area contributed by atoms with Gasteiger partial charge in [0, 0.05) is 13.1 Å². The highest BCUT2D eigenvalue weighted by atomic mass is 16.5. The maximum absolute atomic E-state index is 13.1. The molecule has 0 radical (unpaired) electrons. The molecule has 5 rings (SSSR count). The fourth-order valence-corrected chi connectivity index (χ4v) is 4.03. The van der Waals surface area contributed by atoms with Crippen molar-refractivity contribution in [2.75, 3.05) is 37.7 Å². The van der Waals surface area contributed by atoms with Crippen LogP contribution in [0.1, 0.15) is 22.7 Å². The molecule has 3 aromatic rings. The standard InChI is InChI=1S/C23H24N6O2/c1-17-7-9-19(10-8-17)20-15-21(18-5-3-2-4-6-18)29-23(24-25-26-29)28(20)16-22(30)27-11-13-31-14-12-27/h2-10,15,21H,11-14,16H2,1H3/t21-/m1/s1. The van der Waals surface area contributed by atoms with Crippen LogP contribution in [0.3, 0.4) is 0 Å². The van der Waals surface area contributed by atoms with E-state index in [4.69, 9.17) is 4.74 Å². The number of hydrogen-bond acceptors (Lipinski definition) is 6. The lowest BCUT2D eigenvalue weighted by Gasteiger charge is -2.34. The van der Waals surface area contributed by atoms with Gasteiger partial charge in [0.05, 0.1) is 18.9 Å². The van der Waals surface area contributed by atoms with Crippen molar-refractivity contribution in [3.05, 3.63) is 77.4 Å². The first kappa shape index (κ1) is 19.4. The van der Waals surface area contributed by atoms with Gasteiger partial charge in [-0.2, -0.15) is 4.68 Å². The van der Waals surface area contributed by atoms with Crippen LogP contribution in [-0.2, 0) is 9.53 Å². The van der Waals surface area contributed by atoms with E-state index in [0.717, 1.165) is 16.8 Å². The zero-order chi connectivity index (χ0) is 21.2. The summed E-state index contributed by atoms with van der Waals surface area (Å²) in [6.45, 7) is 4.58. The Morgan fingerprint density at radius 3 is 2.55 bits per heavy atom. The monoisotopic (exact) mass is 416 g/mol. The number of benzene rings is 2. The van der Waals surface area contributed by atoms with Crippen LogP contribution in [0.5, 0.6) is 0 Å². The normalized spacial score (nSPS) is 18.5. The Morgan fingerprint density at radius 1 is 1.06 bits per heavy atom. The Kier molecular flexibility index (Phi) is 5.21. The van der Waals surface area contributed by atoms with E-state index < -0.39 is 0 Å². The molecule has 2 aliphatic heterocycles. The number of allylic oxidation sites excluding steroid dienone is 1. The molecule has 2 aromatic carbocycles. The molecule has 2 aliphatic rings. The second-order valence-electron chi connectivity index (χ2n) is 7.78. The molecule has 0 unspecified atom stereocenters. The summed E-state index contributed by atoms with van der Waals surface area (Å²) in [5.41, 5.74) is 4.22. The highest BCUT2D eigenvalue weighted by Gasteiger charge is 2.33. The lowest BCUT2D eigenvalue weighted by Crippen LogP contribution is -2.46. The first-order chi connectivity index (χ1) is 15.2. The summed E-state index contributed by atoms with van der Waals surface area (Å²) in [5, 5.41) is 12.5. The van der Waals surface area contributed by atoms with Gasteiger partial charge in [0.25, 0.3) is 5.95 Å². The number of nitrogens with zero attached hydrogens (tertiary/aromatic N) is 6. The summed E-state index contributed by atoms with van der Waals surface area (Å²) >= 11 is 0. The minimum atomic E-state index is -0.155. The van der Waals surface area contributed by atoms with Gasteiger partial charge >= 0.3 is 0 Å². The number of carbonyl (C=O) groups excluding carboxylic acids is 1. The third-order valence-electron chi connectivity index (χ3n) is 5.73. The van der Waals surface area contributed by atoms with Crippen molar-refractivity contribution in [1.29, 1.82) is 0 Å². The van der Waals surface area contributed by atoms with Gasteiger partial charge < -0.3 is 9.64 Å². The van der Waals surface area contributed by atoms with Gasteiger partial charge in [-0.15, -0.1) is 0 Å². The van der Waals surface area contributed by atoms with E-state index in [1.54, 1.807) is 4.68 Å². The molecule has 0 saturated carbocycles. The van der Waals surface area contributed by atoms with E-state index in [2.05, 4.69) is 64.9 Å². The third kappa shape index (κ3) is 3.82. The minimum Gasteiger partial charge on any atom is -0.378 e. The van der Waals surface area contributed by atoms with Crippen LogP contribution in [0.25, 0.3) is 5.70 Å². The SMILES string of the molecule is Cc1ccc(C2=C[C@H](c3ccccc3)n3nnnc3N2CC(=O)N2CCOCC2)cc1. The minimum absolute atomic E-state index is 0.0361. The predicted molar refractivity (Wildman–Crippen MR) is 116 cm³/mol. The average molecular weight is 416 g/mol. The molecule has 8 nitrogen and oxygen atoms in total. The van der Waals surface area contributed by atoms with Crippen molar-refractivity contribution < 1.29 is 9.53 Å². The second-order valence-corrected chi connectivity index (χ2v) is 7.78. The number of aryl methyl sites for hydroxylation is 1. The summed E-state index contributed by atoms with van der Waals surface area (Å²) in [6.07, 6.45) is 2.13.